The summed E-state index contributed by atoms with van der Waals surface area (Å²) < 4.78 is 31.0. The molecule has 8 heteroatoms. The van der Waals surface area contributed by atoms with E-state index in [2.05, 4.69) is 4.72 Å². The number of rotatable bonds is 7. The van der Waals surface area contributed by atoms with E-state index in [1.807, 2.05) is 0 Å². The molecule has 1 aromatic carbocycles. The number of sulfonamides is 1. The summed E-state index contributed by atoms with van der Waals surface area (Å²) in [6.45, 7) is 0.231. The first-order valence-electron chi connectivity index (χ1n) is 5.49. The second-order valence-electron chi connectivity index (χ2n) is 3.85. The summed E-state index contributed by atoms with van der Waals surface area (Å²) in [4.78, 5) is -0.0807. The summed E-state index contributed by atoms with van der Waals surface area (Å²) in [5, 5.41) is 9.56. The molecule has 0 bridgehead atoms. The van der Waals surface area contributed by atoms with E-state index in [0.29, 0.717) is 0 Å². The van der Waals surface area contributed by atoms with Crippen molar-refractivity contribution in [2.24, 2.45) is 0 Å². The van der Waals surface area contributed by atoms with Crippen molar-refractivity contribution in [2.75, 3.05) is 20.3 Å². The van der Waals surface area contributed by atoms with E-state index in [9.17, 15) is 13.5 Å². The second kappa shape index (κ2) is 7.42. The van der Waals surface area contributed by atoms with E-state index in [-0.39, 0.29) is 34.5 Å². The smallest absolute Gasteiger partial charge is 0.242 e. The maximum absolute atomic E-state index is 12.0. The molecular formula is C11H15Cl2NO4S. The van der Waals surface area contributed by atoms with Crippen LogP contribution in [0.5, 0.6) is 0 Å². The minimum absolute atomic E-state index is 0.0193. The minimum atomic E-state index is -3.74. The number of hydrogen-bond acceptors (Lipinski definition) is 4. The van der Waals surface area contributed by atoms with Crippen molar-refractivity contribution in [3.63, 3.8) is 0 Å². The molecule has 19 heavy (non-hydrogen) atoms. The van der Waals surface area contributed by atoms with Crippen molar-refractivity contribution in [1.29, 1.82) is 0 Å². The molecule has 1 aromatic rings. The van der Waals surface area contributed by atoms with E-state index in [1.165, 1.54) is 25.3 Å². The third-order valence-corrected chi connectivity index (χ3v) is 4.77. The SMILES string of the molecule is COCC(O)CCNS(=O)(=O)c1cccc(Cl)c1Cl. The summed E-state index contributed by atoms with van der Waals surface area (Å²) in [5.41, 5.74) is 0. The zero-order valence-corrected chi connectivity index (χ0v) is 12.6. The summed E-state index contributed by atoms with van der Waals surface area (Å²) >= 11 is 11.6. The largest absolute Gasteiger partial charge is 0.391 e. The van der Waals surface area contributed by atoms with E-state index in [0.717, 1.165) is 0 Å². The lowest BCUT2D eigenvalue weighted by atomic mass is 10.3. The number of halogens is 2. The van der Waals surface area contributed by atoms with Gasteiger partial charge >= 0.3 is 0 Å². The van der Waals surface area contributed by atoms with E-state index in [1.54, 1.807) is 0 Å². The normalized spacial score (nSPS) is 13.5. The summed E-state index contributed by atoms with van der Waals surface area (Å²) in [6, 6.07) is 4.37. The van der Waals surface area contributed by atoms with Crippen molar-refractivity contribution < 1.29 is 18.3 Å². The summed E-state index contributed by atoms with van der Waals surface area (Å²) in [6.07, 6.45) is -0.479. The molecule has 0 aromatic heterocycles. The van der Waals surface area contributed by atoms with Gasteiger partial charge in [-0.15, -0.1) is 0 Å². The van der Waals surface area contributed by atoms with Gasteiger partial charge in [0.25, 0.3) is 0 Å². The average molecular weight is 328 g/mol. The van der Waals surface area contributed by atoms with Crippen molar-refractivity contribution in [3.05, 3.63) is 28.2 Å². The predicted molar refractivity (Wildman–Crippen MR) is 74.2 cm³/mol. The van der Waals surface area contributed by atoms with E-state index in [4.69, 9.17) is 27.9 Å². The third kappa shape index (κ3) is 4.91. The number of benzene rings is 1. The van der Waals surface area contributed by atoms with Gasteiger partial charge < -0.3 is 9.84 Å². The first kappa shape index (κ1) is 16.7. The molecule has 0 fully saturated rings. The van der Waals surface area contributed by atoms with Crippen LogP contribution >= 0.6 is 23.2 Å². The lowest BCUT2D eigenvalue weighted by Gasteiger charge is -2.11. The fourth-order valence-electron chi connectivity index (χ4n) is 1.40. The Labute approximate surface area is 122 Å². The quantitative estimate of drug-likeness (QED) is 0.798. The molecular weight excluding hydrogens is 313 g/mol. The monoisotopic (exact) mass is 327 g/mol. The Balaban J connectivity index is 2.69. The van der Waals surface area contributed by atoms with Crippen LogP contribution in [-0.2, 0) is 14.8 Å². The minimum Gasteiger partial charge on any atom is -0.391 e. The Morgan fingerprint density at radius 2 is 2.11 bits per heavy atom. The van der Waals surface area contributed by atoms with Gasteiger partial charge in [-0.2, -0.15) is 0 Å². The standard InChI is InChI=1S/C11H15Cl2NO4S/c1-18-7-8(15)5-6-14-19(16,17)10-4-2-3-9(12)11(10)13/h2-4,8,14-15H,5-7H2,1H3. The molecule has 1 atom stereocenters. The Hall–Kier alpha value is -0.370. The summed E-state index contributed by atoms with van der Waals surface area (Å²) in [5.74, 6) is 0. The van der Waals surface area contributed by atoms with Crippen molar-refractivity contribution in [3.8, 4) is 0 Å². The van der Waals surface area contributed by atoms with Gasteiger partial charge in [-0.1, -0.05) is 29.3 Å². The van der Waals surface area contributed by atoms with Gasteiger partial charge in [-0.3, -0.25) is 0 Å². The molecule has 2 N–H and O–H groups in total. The van der Waals surface area contributed by atoms with Crippen LogP contribution in [0.3, 0.4) is 0 Å². The highest BCUT2D eigenvalue weighted by Crippen LogP contribution is 2.28. The van der Waals surface area contributed by atoms with Crippen LogP contribution in [0, 0.1) is 0 Å². The average Bonchev–Trinajstić information content (AvgIpc) is 2.32. The fraction of sp³-hybridized carbons (Fsp3) is 0.455. The highest BCUT2D eigenvalue weighted by atomic mass is 35.5. The molecule has 0 aliphatic carbocycles. The first-order valence-corrected chi connectivity index (χ1v) is 7.73. The van der Waals surface area contributed by atoms with Gasteiger partial charge in [-0.25, -0.2) is 13.1 Å². The molecule has 108 valence electrons. The van der Waals surface area contributed by atoms with Gasteiger partial charge in [0.05, 0.1) is 22.8 Å². The molecule has 1 unspecified atom stereocenters. The van der Waals surface area contributed by atoms with Crippen LogP contribution in [0.4, 0.5) is 0 Å². The molecule has 0 saturated carbocycles. The maximum atomic E-state index is 12.0. The molecule has 0 aliphatic heterocycles. The Morgan fingerprint density at radius 3 is 2.74 bits per heavy atom. The predicted octanol–water partition coefficient (Wildman–Crippen LogP) is 1.67. The van der Waals surface area contributed by atoms with Crippen LogP contribution in [-0.4, -0.2) is 39.9 Å². The van der Waals surface area contributed by atoms with Crippen LogP contribution < -0.4 is 4.72 Å². The highest BCUT2D eigenvalue weighted by Gasteiger charge is 2.19. The lowest BCUT2D eigenvalue weighted by molar-refractivity contribution is 0.0603. The second-order valence-corrected chi connectivity index (χ2v) is 6.37. The van der Waals surface area contributed by atoms with Crippen LogP contribution in [0.25, 0.3) is 0 Å². The summed E-state index contributed by atoms with van der Waals surface area (Å²) in [7, 11) is -2.28. The molecule has 0 radical (unpaired) electrons. The van der Waals surface area contributed by atoms with Gasteiger partial charge in [0.1, 0.15) is 4.90 Å². The number of aliphatic hydroxyl groups is 1. The number of methoxy groups -OCH3 is 1. The van der Waals surface area contributed by atoms with Crippen LogP contribution in [0.1, 0.15) is 6.42 Å². The third-order valence-electron chi connectivity index (χ3n) is 2.33. The molecule has 0 heterocycles. The van der Waals surface area contributed by atoms with Crippen LogP contribution in [0.15, 0.2) is 23.1 Å². The van der Waals surface area contributed by atoms with Gasteiger partial charge in [0, 0.05) is 13.7 Å². The van der Waals surface area contributed by atoms with Gasteiger partial charge in [0.15, 0.2) is 0 Å². The number of aliphatic hydroxyl groups excluding tert-OH is 1. The lowest BCUT2D eigenvalue weighted by Crippen LogP contribution is -2.28. The van der Waals surface area contributed by atoms with E-state index < -0.39 is 16.1 Å². The number of nitrogens with one attached hydrogen (secondary N) is 1. The molecule has 0 amide bonds. The molecule has 0 spiro atoms. The van der Waals surface area contributed by atoms with Gasteiger partial charge in [0.2, 0.25) is 10.0 Å². The molecule has 1 rings (SSSR count). The van der Waals surface area contributed by atoms with Gasteiger partial charge in [-0.05, 0) is 18.6 Å². The van der Waals surface area contributed by atoms with Crippen LogP contribution in [0.2, 0.25) is 10.0 Å². The van der Waals surface area contributed by atoms with E-state index >= 15 is 0 Å². The number of hydrogen-bond donors (Lipinski definition) is 2. The number of ether oxygens (including phenoxy) is 1. The highest BCUT2D eigenvalue weighted by molar-refractivity contribution is 7.89. The molecule has 5 nitrogen and oxygen atoms in total. The molecule has 0 aliphatic rings. The van der Waals surface area contributed by atoms with Crippen molar-refractivity contribution >= 4 is 33.2 Å². The Kier molecular flexibility index (Phi) is 6.52. The van der Waals surface area contributed by atoms with Crippen molar-refractivity contribution in [1.82, 2.24) is 4.72 Å². The Morgan fingerprint density at radius 1 is 1.42 bits per heavy atom. The van der Waals surface area contributed by atoms with Crippen molar-refractivity contribution in [2.45, 2.75) is 17.4 Å². The first-order chi connectivity index (χ1) is 8.88. The molecule has 0 saturated heterocycles. The zero-order valence-electron chi connectivity index (χ0n) is 10.3. The maximum Gasteiger partial charge on any atom is 0.242 e. The Bertz CT molecular complexity index is 521. The topological polar surface area (TPSA) is 75.6 Å². The fourth-order valence-corrected chi connectivity index (χ4v) is 3.21. The zero-order chi connectivity index (χ0) is 14.5.